The van der Waals surface area contributed by atoms with Crippen LogP contribution >= 0.6 is 0 Å². The van der Waals surface area contributed by atoms with Crippen molar-refractivity contribution in [2.45, 2.75) is 52.4 Å². The Hall–Kier alpha value is -0.190. The van der Waals surface area contributed by atoms with Crippen molar-refractivity contribution in [1.29, 1.82) is 0 Å². The molecular formula is C12H26FNO2. The number of halogens is 1. The molecule has 4 heteroatoms. The average Bonchev–Trinajstić information content (AvgIpc) is 2.15. The summed E-state index contributed by atoms with van der Waals surface area (Å²) in [4.78, 5) is 0. The van der Waals surface area contributed by atoms with Gasteiger partial charge in [-0.3, -0.25) is 0 Å². The van der Waals surface area contributed by atoms with Crippen LogP contribution in [0.15, 0.2) is 0 Å². The molecule has 0 spiro atoms. The van der Waals surface area contributed by atoms with Gasteiger partial charge in [-0.25, -0.2) is 4.39 Å². The Labute approximate surface area is 98.7 Å². The maximum Gasteiger partial charge on any atom is 0.200 e. The third-order valence-electron chi connectivity index (χ3n) is 1.90. The molecule has 0 aliphatic carbocycles. The van der Waals surface area contributed by atoms with Gasteiger partial charge in [-0.15, -0.1) is 0 Å². The molecule has 0 heterocycles. The molecule has 0 bridgehead atoms. The van der Waals surface area contributed by atoms with Crippen LogP contribution in [0.2, 0.25) is 0 Å². The fourth-order valence-corrected chi connectivity index (χ4v) is 1.13. The maximum absolute atomic E-state index is 13.2. The predicted molar refractivity (Wildman–Crippen MR) is 64.3 cm³/mol. The van der Waals surface area contributed by atoms with Crippen molar-refractivity contribution in [1.82, 2.24) is 5.32 Å². The molecule has 16 heavy (non-hydrogen) atoms. The van der Waals surface area contributed by atoms with Gasteiger partial charge in [0, 0.05) is 25.1 Å². The van der Waals surface area contributed by atoms with E-state index in [-0.39, 0.29) is 5.54 Å². The molecule has 0 saturated carbocycles. The molecule has 0 rings (SSSR count). The first kappa shape index (κ1) is 15.8. The van der Waals surface area contributed by atoms with Crippen LogP contribution in [0.3, 0.4) is 0 Å². The van der Waals surface area contributed by atoms with Crippen LogP contribution in [-0.2, 0) is 9.47 Å². The summed E-state index contributed by atoms with van der Waals surface area (Å²) in [5.74, 6) is 0. The summed E-state index contributed by atoms with van der Waals surface area (Å²) in [7, 11) is 0. The largest absolute Gasteiger partial charge is 0.379 e. The summed E-state index contributed by atoms with van der Waals surface area (Å²) in [5.41, 5.74) is 0.0317. The molecule has 1 atom stereocenters. The van der Waals surface area contributed by atoms with Gasteiger partial charge in [0.2, 0.25) is 0 Å². The number of rotatable bonds is 9. The Morgan fingerprint density at radius 3 is 2.44 bits per heavy atom. The normalized spacial score (nSPS) is 14.1. The lowest BCUT2D eigenvalue weighted by Crippen LogP contribution is -2.37. The third kappa shape index (κ3) is 11.9. The number of nitrogens with one attached hydrogen (secondary N) is 1. The minimum atomic E-state index is -1.19. The van der Waals surface area contributed by atoms with E-state index in [1.165, 1.54) is 0 Å². The SMILES string of the molecule is CCCOCCOC(F)CCNC(C)(C)C. The standard InChI is InChI=1S/C12H26FNO2/c1-5-8-15-9-10-16-11(13)6-7-14-12(2,3)4/h11,14H,5-10H2,1-4H3. The summed E-state index contributed by atoms with van der Waals surface area (Å²) in [6.45, 7) is 10.3. The Kier molecular flexibility index (Phi) is 8.80. The van der Waals surface area contributed by atoms with Crippen molar-refractivity contribution in [2.75, 3.05) is 26.4 Å². The lowest BCUT2D eigenvalue weighted by atomic mass is 10.1. The summed E-state index contributed by atoms with van der Waals surface area (Å²) >= 11 is 0. The molecule has 0 amide bonds. The Balaban J connectivity index is 3.28. The molecule has 0 fully saturated rings. The summed E-state index contributed by atoms with van der Waals surface area (Å²) in [6, 6.07) is 0. The predicted octanol–water partition coefficient (Wildman–Crippen LogP) is 2.50. The Morgan fingerprint density at radius 1 is 1.19 bits per heavy atom. The number of alkyl halides is 1. The van der Waals surface area contributed by atoms with Crippen molar-refractivity contribution >= 4 is 0 Å². The summed E-state index contributed by atoms with van der Waals surface area (Å²) < 4.78 is 23.3. The molecule has 0 aliphatic rings. The van der Waals surface area contributed by atoms with Crippen LogP contribution in [0.25, 0.3) is 0 Å². The fourth-order valence-electron chi connectivity index (χ4n) is 1.13. The molecule has 98 valence electrons. The highest BCUT2D eigenvalue weighted by molar-refractivity contribution is 4.69. The lowest BCUT2D eigenvalue weighted by molar-refractivity contribution is -0.0644. The molecule has 0 aromatic rings. The molecule has 1 unspecified atom stereocenters. The highest BCUT2D eigenvalue weighted by Crippen LogP contribution is 2.02. The Bertz CT molecular complexity index is 160. The zero-order valence-corrected chi connectivity index (χ0v) is 11.0. The molecule has 0 radical (unpaired) electrons. The van der Waals surface area contributed by atoms with Crippen molar-refractivity contribution in [3.8, 4) is 0 Å². The molecule has 3 nitrogen and oxygen atoms in total. The third-order valence-corrected chi connectivity index (χ3v) is 1.90. The molecule has 0 aromatic heterocycles. The fraction of sp³-hybridized carbons (Fsp3) is 1.00. The first-order valence-electron chi connectivity index (χ1n) is 6.04. The van der Waals surface area contributed by atoms with Crippen LogP contribution < -0.4 is 5.32 Å². The van der Waals surface area contributed by atoms with E-state index in [0.717, 1.165) is 6.42 Å². The van der Waals surface area contributed by atoms with Crippen LogP contribution in [0.1, 0.15) is 40.5 Å². The van der Waals surface area contributed by atoms with E-state index in [1.807, 2.05) is 6.92 Å². The lowest BCUT2D eigenvalue weighted by Gasteiger charge is -2.21. The molecule has 0 saturated heterocycles. The molecule has 0 aromatic carbocycles. The van der Waals surface area contributed by atoms with Crippen LogP contribution in [0.5, 0.6) is 0 Å². The van der Waals surface area contributed by atoms with Gasteiger partial charge in [0.15, 0.2) is 6.36 Å². The summed E-state index contributed by atoms with van der Waals surface area (Å²) in [5, 5.41) is 3.21. The van der Waals surface area contributed by atoms with Crippen LogP contribution in [0, 0.1) is 0 Å². The van der Waals surface area contributed by atoms with Crippen molar-refractivity contribution in [3.05, 3.63) is 0 Å². The van der Waals surface area contributed by atoms with E-state index < -0.39 is 6.36 Å². The number of hydrogen-bond donors (Lipinski definition) is 1. The van der Waals surface area contributed by atoms with Crippen molar-refractivity contribution < 1.29 is 13.9 Å². The van der Waals surface area contributed by atoms with Gasteiger partial charge in [-0.2, -0.15) is 0 Å². The van der Waals surface area contributed by atoms with E-state index in [2.05, 4.69) is 26.1 Å². The summed E-state index contributed by atoms with van der Waals surface area (Å²) in [6.07, 6.45) is 0.166. The van der Waals surface area contributed by atoms with Crippen molar-refractivity contribution in [3.63, 3.8) is 0 Å². The highest BCUT2D eigenvalue weighted by atomic mass is 19.1. The minimum Gasteiger partial charge on any atom is -0.379 e. The topological polar surface area (TPSA) is 30.5 Å². The molecular weight excluding hydrogens is 209 g/mol. The zero-order valence-electron chi connectivity index (χ0n) is 11.0. The minimum absolute atomic E-state index is 0.0317. The zero-order chi connectivity index (χ0) is 12.4. The quantitative estimate of drug-likeness (QED) is 0.623. The number of ether oxygens (including phenoxy) is 2. The maximum atomic E-state index is 13.2. The van der Waals surface area contributed by atoms with Gasteiger partial charge >= 0.3 is 0 Å². The highest BCUT2D eigenvalue weighted by Gasteiger charge is 2.11. The van der Waals surface area contributed by atoms with Gasteiger partial charge in [0.1, 0.15) is 0 Å². The smallest absolute Gasteiger partial charge is 0.200 e. The number of hydrogen-bond acceptors (Lipinski definition) is 3. The van der Waals surface area contributed by atoms with E-state index in [1.54, 1.807) is 0 Å². The van der Waals surface area contributed by atoms with E-state index in [0.29, 0.717) is 32.8 Å². The van der Waals surface area contributed by atoms with Gasteiger partial charge in [0.05, 0.1) is 13.2 Å². The van der Waals surface area contributed by atoms with Gasteiger partial charge in [-0.1, -0.05) is 6.92 Å². The van der Waals surface area contributed by atoms with E-state index in [4.69, 9.17) is 9.47 Å². The van der Waals surface area contributed by atoms with Gasteiger partial charge < -0.3 is 14.8 Å². The monoisotopic (exact) mass is 235 g/mol. The van der Waals surface area contributed by atoms with Gasteiger partial charge in [0.25, 0.3) is 0 Å². The second-order valence-corrected chi connectivity index (χ2v) is 4.86. The first-order chi connectivity index (χ1) is 7.45. The second-order valence-electron chi connectivity index (χ2n) is 4.86. The van der Waals surface area contributed by atoms with E-state index >= 15 is 0 Å². The van der Waals surface area contributed by atoms with Crippen LogP contribution in [-0.4, -0.2) is 38.3 Å². The molecule has 1 N–H and O–H groups in total. The molecule has 0 aliphatic heterocycles. The average molecular weight is 235 g/mol. The van der Waals surface area contributed by atoms with E-state index in [9.17, 15) is 4.39 Å². The first-order valence-corrected chi connectivity index (χ1v) is 6.04. The van der Waals surface area contributed by atoms with Gasteiger partial charge in [-0.05, 0) is 27.2 Å². The van der Waals surface area contributed by atoms with Crippen molar-refractivity contribution in [2.24, 2.45) is 0 Å². The van der Waals surface area contributed by atoms with Crippen LogP contribution in [0.4, 0.5) is 4.39 Å². The second kappa shape index (κ2) is 8.90. The Morgan fingerprint density at radius 2 is 1.88 bits per heavy atom.